The van der Waals surface area contributed by atoms with Crippen LogP contribution in [0.5, 0.6) is 0 Å². The number of rotatable bonds is 5. The van der Waals surface area contributed by atoms with Crippen LogP contribution in [0.4, 0.5) is 0 Å². The average molecular weight is 266 g/mol. The Morgan fingerprint density at radius 1 is 1.44 bits per heavy atom. The number of amides is 1. The van der Waals surface area contributed by atoms with Gasteiger partial charge in [0.1, 0.15) is 0 Å². The van der Waals surface area contributed by atoms with Crippen LogP contribution in [-0.4, -0.2) is 17.0 Å². The van der Waals surface area contributed by atoms with Crippen molar-refractivity contribution in [3.63, 3.8) is 0 Å². The van der Waals surface area contributed by atoms with Gasteiger partial charge in [-0.25, -0.2) is 4.79 Å². The van der Waals surface area contributed by atoms with Crippen LogP contribution in [0.15, 0.2) is 24.3 Å². The topological polar surface area (TPSA) is 66.4 Å². The largest absolute Gasteiger partial charge is 0.479 e. The zero-order chi connectivity index (χ0) is 13.5. The molecular weight excluding hydrogens is 254 g/mol. The molecule has 1 atom stereocenters. The molecule has 94 valence electrons. The van der Waals surface area contributed by atoms with Crippen molar-refractivity contribution in [1.82, 2.24) is 5.32 Å². The Morgan fingerprint density at radius 2 is 2.11 bits per heavy atom. The molecule has 4 nitrogen and oxygen atoms in total. The number of carbonyl (C=O) groups is 2. The Kier molecular flexibility index (Phi) is 5.22. The van der Waals surface area contributed by atoms with E-state index in [1.165, 1.54) is 0 Å². The van der Waals surface area contributed by atoms with Gasteiger partial charge >= 0.3 is 5.97 Å². The molecule has 0 aromatic heterocycles. The lowest BCUT2D eigenvalue weighted by atomic mass is 10.1. The fourth-order valence-electron chi connectivity index (χ4n) is 1.40. The molecule has 0 aliphatic carbocycles. The van der Waals surface area contributed by atoms with Crippen molar-refractivity contribution in [3.8, 4) is 12.3 Å². The molecule has 1 amide bonds. The van der Waals surface area contributed by atoms with Gasteiger partial charge in [-0.05, 0) is 6.07 Å². The summed E-state index contributed by atoms with van der Waals surface area (Å²) in [4.78, 5) is 22.6. The Hall–Kier alpha value is -1.99. The van der Waals surface area contributed by atoms with Gasteiger partial charge in [0.2, 0.25) is 5.91 Å². The van der Waals surface area contributed by atoms with E-state index in [9.17, 15) is 9.59 Å². The third kappa shape index (κ3) is 3.79. The normalized spacial score (nSPS) is 11.3. The fourth-order valence-corrected chi connectivity index (χ4v) is 1.65. The van der Waals surface area contributed by atoms with Crippen molar-refractivity contribution in [2.24, 2.45) is 0 Å². The van der Waals surface area contributed by atoms with E-state index in [-0.39, 0.29) is 12.8 Å². The van der Waals surface area contributed by atoms with E-state index in [4.69, 9.17) is 23.1 Å². The third-order valence-electron chi connectivity index (χ3n) is 2.26. The van der Waals surface area contributed by atoms with Crippen LogP contribution in [0.1, 0.15) is 24.4 Å². The number of terminal acetylenes is 1. The van der Waals surface area contributed by atoms with Crippen molar-refractivity contribution in [1.29, 1.82) is 0 Å². The Labute approximate surface area is 110 Å². The molecule has 0 fully saturated rings. The van der Waals surface area contributed by atoms with Crippen LogP contribution >= 0.6 is 11.6 Å². The molecule has 0 bridgehead atoms. The summed E-state index contributed by atoms with van der Waals surface area (Å²) >= 11 is 5.90. The monoisotopic (exact) mass is 265 g/mol. The molecule has 0 spiro atoms. The van der Waals surface area contributed by atoms with E-state index in [1.807, 2.05) is 0 Å². The van der Waals surface area contributed by atoms with Gasteiger partial charge in [-0.15, -0.1) is 12.3 Å². The summed E-state index contributed by atoms with van der Waals surface area (Å²) in [7, 11) is 0. The van der Waals surface area contributed by atoms with E-state index in [0.29, 0.717) is 10.6 Å². The predicted molar refractivity (Wildman–Crippen MR) is 68.0 cm³/mol. The minimum atomic E-state index is -1.17. The minimum Gasteiger partial charge on any atom is -0.479 e. The van der Waals surface area contributed by atoms with Gasteiger partial charge in [-0.2, -0.15) is 0 Å². The van der Waals surface area contributed by atoms with E-state index >= 15 is 0 Å². The van der Waals surface area contributed by atoms with E-state index in [0.717, 1.165) is 0 Å². The number of nitrogens with one attached hydrogen (secondary N) is 1. The van der Waals surface area contributed by atoms with Gasteiger partial charge in [0.15, 0.2) is 6.04 Å². The highest BCUT2D eigenvalue weighted by molar-refractivity contribution is 6.31. The van der Waals surface area contributed by atoms with E-state index < -0.39 is 17.9 Å². The zero-order valence-electron chi connectivity index (χ0n) is 9.52. The second kappa shape index (κ2) is 6.67. The first-order valence-corrected chi connectivity index (χ1v) is 5.64. The van der Waals surface area contributed by atoms with Crippen LogP contribution in [-0.2, 0) is 9.59 Å². The molecule has 2 N–H and O–H groups in total. The van der Waals surface area contributed by atoms with Crippen molar-refractivity contribution in [2.75, 3.05) is 0 Å². The second-order valence-corrected chi connectivity index (χ2v) is 3.97. The van der Waals surface area contributed by atoms with Crippen LogP contribution in [0.25, 0.3) is 0 Å². The molecule has 5 heteroatoms. The first-order chi connectivity index (χ1) is 8.56. The maximum Gasteiger partial charge on any atom is 0.330 e. The summed E-state index contributed by atoms with van der Waals surface area (Å²) in [6.45, 7) is 0. The first kappa shape index (κ1) is 14.1. The van der Waals surface area contributed by atoms with Crippen molar-refractivity contribution < 1.29 is 14.7 Å². The predicted octanol–water partition coefficient (Wildman–Crippen LogP) is 2.00. The molecular formula is C13H12ClNO3. The maximum atomic E-state index is 11.5. The molecule has 0 unspecified atom stereocenters. The number of aliphatic carboxylic acids is 1. The molecule has 1 aromatic carbocycles. The van der Waals surface area contributed by atoms with Crippen molar-refractivity contribution in [3.05, 3.63) is 34.9 Å². The molecule has 0 heterocycles. The summed E-state index contributed by atoms with van der Waals surface area (Å²) in [6, 6.07) is 5.31. The number of hydrogen-bond donors (Lipinski definition) is 2. The maximum absolute atomic E-state index is 11.5. The summed E-state index contributed by atoms with van der Waals surface area (Å²) in [5.41, 5.74) is 0.348. The minimum absolute atomic E-state index is 0.0880. The summed E-state index contributed by atoms with van der Waals surface area (Å²) in [5, 5.41) is 11.8. The lowest BCUT2D eigenvalue weighted by Gasteiger charge is -2.15. The second-order valence-electron chi connectivity index (χ2n) is 3.56. The SMILES string of the molecule is C#CCCC(=O)N[C@@H](C(=O)O)c1ccccc1Cl. The molecule has 0 radical (unpaired) electrons. The van der Waals surface area contributed by atoms with Crippen LogP contribution < -0.4 is 5.32 Å². The van der Waals surface area contributed by atoms with Gasteiger partial charge < -0.3 is 10.4 Å². The molecule has 0 aliphatic heterocycles. The molecule has 1 rings (SSSR count). The van der Waals surface area contributed by atoms with Gasteiger partial charge in [0.25, 0.3) is 0 Å². The summed E-state index contributed by atoms with van der Waals surface area (Å²) in [6.07, 6.45) is 5.39. The first-order valence-electron chi connectivity index (χ1n) is 5.26. The Balaban J connectivity index is 2.85. The van der Waals surface area contributed by atoms with Gasteiger partial charge in [0, 0.05) is 23.4 Å². The van der Waals surface area contributed by atoms with Crippen LogP contribution in [0, 0.1) is 12.3 Å². The number of benzene rings is 1. The molecule has 0 saturated carbocycles. The summed E-state index contributed by atoms with van der Waals surface area (Å²) < 4.78 is 0. The highest BCUT2D eigenvalue weighted by Crippen LogP contribution is 2.22. The summed E-state index contributed by atoms with van der Waals surface area (Å²) in [5.74, 6) is 0.732. The molecule has 0 aliphatic rings. The Morgan fingerprint density at radius 3 is 2.67 bits per heavy atom. The van der Waals surface area contributed by atoms with Crippen molar-refractivity contribution >= 4 is 23.5 Å². The third-order valence-corrected chi connectivity index (χ3v) is 2.61. The molecule has 0 saturated heterocycles. The number of hydrogen-bond acceptors (Lipinski definition) is 2. The molecule has 1 aromatic rings. The quantitative estimate of drug-likeness (QED) is 0.800. The zero-order valence-corrected chi connectivity index (χ0v) is 10.3. The van der Waals surface area contributed by atoms with Crippen LogP contribution in [0.3, 0.4) is 0 Å². The standard InChI is InChI=1S/C13H12ClNO3/c1-2-3-8-11(16)15-12(13(17)18)9-6-4-5-7-10(9)14/h1,4-7,12H,3,8H2,(H,15,16)(H,17,18)/t12-/m1/s1. The van der Waals surface area contributed by atoms with E-state index in [1.54, 1.807) is 24.3 Å². The van der Waals surface area contributed by atoms with Gasteiger partial charge in [-0.3, -0.25) is 4.79 Å². The lowest BCUT2D eigenvalue weighted by Crippen LogP contribution is -2.33. The number of halogens is 1. The highest BCUT2D eigenvalue weighted by Gasteiger charge is 2.23. The smallest absolute Gasteiger partial charge is 0.330 e. The lowest BCUT2D eigenvalue weighted by molar-refractivity contribution is -0.142. The average Bonchev–Trinajstić information content (AvgIpc) is 2.34. The number of carboxylic acid groups (broad SMARTS) is 1. The molecule has 18 heavy (non-hydrogen) atoms. The van der Waals surface area contributed by atoms with Crippen molar-refractivity contribution in [2.45, 2.75) is 18.9 Å². The van der Waals surface area contributed by atoms with Gasteiger partial charge in [0.05, 0.1) is 0 Å². The Bertz CT molecular complexity index is 493. The van der Waals surface area contributed by atoms with Crippen LogP contribution in [0.2, 0.25) is 5.02 Å². The number of carboxylic acids is 1. The van der Waals surface area contributed by atoms with Gasteiger partial charge in [-0.1, -0.05) is 29.8 Å². The van der Waals surface area contributed by atoms with E-state index in [2.05, 4.69) is 11.2 Å². The fraction of sp³-hybridized carbons (Fsp3) is 0.231. The number of carbonyl (C=O) groups excluding carboxylic acids is 1. The highest BCUT2D eigenvalue weighted by atomic mass is 35.5.